The molecule has 1 fully saturated rings. The van der Waals surface area contributed by atoms with Crippen LogP contribution in [0.4, 0.5) is 13.2 Å². The topological polar surface area (TPSA) is 46.5 Å². The van der Waals surface area contributed by atoms with Gasteiger partial charge in [-0.05, 0) is 12.8 Å². The van der Waals surface area contributed by atoms with E-state index in [2.05, 4.69) is 4.74 Å². The minimum absolute atomic E-state index is 0.137. The zero-order valence-electron chi connectivity index (χ0n) is 6.67. The SMILES string of the molecule is O=C(O)CC1CCC(C(F)(F)F)O1. The molecule has 2 unspecified atom stereocenters. The Labute approximate surface area is 72.5 Å². The molecule has 0 aliphatic carbocycles. The highest BCUT2D eigenvalue weighted by Crippen LogP contribution is 2.33. The van der Waals surface area contributed by atoms with E-state index in [1.165, 1.54) is 0 Å². The van der Waals surface area contributed by atoms with Gasteiger partial charge in [-0.15, -0.1) is 0 Å². The van der Waals surface area contributed by atoms with E-state index in [1.54, 1.807) is 0 Å². The van der Waals surface area contributed by atoms with E-state index in [4.69, 9.17) is 5.11 Å². The van der Waals surface area contributed by atoms with Crippen molar-refractivity contribution in [3.63, 3.8) is 0 Å². The quantitative estimate of drug-likeness (QED) is 0.732. The van der Waals surface area contributed by atoms with Gasteiger partial charge in [-0.1, -0.05) is 0 Å². The van der Waals surface area contributed by atoms with Crippen molar-refractivity contribution in [3.05, 3.63) is 0 Å². The molecular formula is C7H9F3O3. The van der Waals surface area contributed by atoms with Crippen LogP contribution in [0, 0.1) is 0 Å². The molecule has 0 spiro atoms. The van der Waals surface area contributed by atoms with Crippen LogP contribution in [0.15, 0.2) is 0 Å². The normalized spacial score (nSPS) is 29.2. The Kier molecular flexibility index (Phi) is 2.80. The predicted molar refractivity (Wildman–Crippen MR) is 36.2 cm³/mol. The number of carboxylic acids is 1. The Morgan fingerprint density at radius 3 is 2.46 bits per heavy atom. The number of ether oxygens (including phenoxy) is 1. The Morgan fingerprint density at radius 2 is 2.08 bits per heavy atom. The summed E-state index contributed by atoms with van der Waals surface area (Å²) < 4.78 is 40.5. The lowest BCUT2D eigenvalue weighted by Gasteiger charge is -2.15. The smallest absolute Gasteiger partial charge is 0.414 e. The van der Waals surface area contributed by atoms with E-state index in [-0.39, 0.29) is 19.3 Å². The van der Waals surface area contributed by atoms with Crippen molar-refractivity contribution in [3.8, 4) is 0 Å². The summed E-state index contributed by atoms with van der Waals surface area (Å²) in [7, 11) is 0. The number of alkyl halides is 3. The average Bonchev–Trinajstić information content (AvgIpc) is 2.32. The molecule has 76 valence electrons. The van der Waals surface area contributed by atoms with Crippen molar-refractivity contribution in [2.45, 2.75) is 37.6 Å². The Balaban J connectivity index is 2.41. The molecule has 3 nitrogen and oxygen atoms in total. The largest absolute Gasteiger partial charge is 0.481 e. The van der Waals surface area contributed by atoms with Crippen molar-refractivity contribution in [1.29, 1.82) is 0 Å². The highest BCUT2D eigenvalue weighted by Gasteiger charge is 2.45. The summed E-state index contributed by atoms with van der Waals surface area (Å²) in [5.41, 5.74) is 0. The zero-order chi connectivity index (χ0) is 10.1. The molecule has 6 heteroatoms. The van der Waals surface area contributed by atoms with Gasteiger partial charge in [-0.2, -0.15) is 13.2 Å². The highest BCUT2D eigenvalue weighted by molar-refractivity contribution is 5.67. The van der Waals surface area contributed by atoms with Crippen molar-refractivity contribution < 1.29 is 27.8 Å². The van der Waals surface area contributed by atoms with Crippen molar-refractivity contribution >= 4 is 5.97 Å². The van der Waals surface area contributed by atoms with E-state index >= 15 is 0 Å². The molecule has 1 aliphatic rings. The molecule has 0 aromatic carbocycles. The molecule has 0 amide bonds. The van der Waals surface area contributed by atoms with Gasteiger partial charge in [0.05, 0.1) is 12.5 Å². The van der Waals surface area contributed by atoms with Gasteiger partial charge >= 0.3 is 12.1 Å². The van der Waals surface area contributed by atoms with Crippen LogP contribution < -0.4 is 0 Å². The molecule has 0 bridgehead atoms. The van der Waals surface area contributed by atoms with Gasteiger partial charge in [0.1, 0.15) is 0 Å². The van der Waals surface area contributed by atoms with Gasteiger partial charge in [0.25, 0.3) is 0 Å². The van der Waals surface area contributed by atoms with Gasteiger partial charge in [0.15, 0.2) is 6.10 Å². The average molecular weight is 198 g/mol. The maximum absolute atomic E-state index is 12.0. The molecule has 0 radical (unpaired) electrons. The van der Waals surface area contributed by atoms with Gasteiger partial charge in [-0.3, -0.25) is 4.79 Å². The van der Waals surface area contributed by atoms with Crippen LogP contribution in [0.2, 0.25) is 0 Å². The van der Waals surface area contributed by atoms with Gasteiger partial charge in [0, 0.05) is 0 Å². The lowest BCUT2D eigenvalue weighted by atomic mass is 10.1. The molecule has 1 N–H and O–H groups in total. The minimum atomic E-state index is -4.37. The number of halogens is 3. The number of hydrogen-bond acceptors (Lipinski definition) is 2. The molecule has 1 rings (SSSR count). The minimum Gasteiger partial charge on any atom is -0.481 e. The van der Waals surface area contributed by atoms with E-state index in [9.17, 15) is 18.0 Å². The fraction of sp³-hybridized carbons (Fsp3) is 0.857. The highest BCUT2D eigenvalue weighted by atomic mass is 19.4. The standard InChI is InChI=1S/C7H9F3O3/c8-7(9,10)5-2-1-4(13-5)3-6(11)12/h4-5H,1-3H2,(H,11,12). The maximum Gasteiger partial charge on any atom is 0.414 e. The second-order valence-corrected chi connectivity index (χ2v) is 2.96. The van der Waals surface area contributed by atoms with E-state index < -0.39 is 24.4 Å². The van der Waals surface area contributed by atoms with Crippen molar-refractivity contribution in [1.82, 2.24) is 0 Å². The summed E-state index contributed by atoms with van der Waals surface area (Å²) >= 11 is 0. The lowest BCUT2D eigenvalue weighted by Crippen LogP contribution is -2.29. The maximum atomic E-state index is 12.0. The van der Waals surface area contributed by atoms with Crippen molar-refractivity contribution in [2.24, 2.45) is 0 Å². The number of rotatable bonds is 2. The molecular weight excluding hydrogens is 189 g/mol. The van der Waals surface area contributed by atoms with Gasteiger partial charge in [-0.25, -0.2) is 0 Å². The second kappa shape index (κ2) is 3.53. The number of aliphatic carboxylic acids is 1. The van der Waals surface area contributed by atoms with Gasteiger partial charge < -0.3 is 9.84 Å². The Bertz CT molecular complexity index is 202. The second-order valence-electron chi connectivity index (χ2n) is 2.96. The Hall–Kier alpha value is -0.780. The first-order valence-corrected chi connectivity index (χ1v) is 3.83. The van der Waals surface area contributed by atoms with Crippen LogP contribution in [-0.2, 0) is 9.53 Å². The summed E-state index contributed by atoms with van der Waals surface area (Å²) in [4.78, 5) is 10.2. The van der Waals surface area contributed by atoms with Crippen molar-refractivity contribution in [2.75, 3.05) is 0 Å². The molecule has 1 heterocycles. The first-order chi connectivity index (χ1) is 5.89. The third kappa shape index (κ3) is 2.87. The third-order valence-corrected chi connectivity index (χ3v) is 1.87. The number of carbonyl (C=O) groups is 1. The summed E-state index contributed by atoms with van der Waals surface area (Å²) in [6.45, 7) is 0. The third-order valence-electron chi connectivity index (χ3n) is 1.87. The molecule has 13 heavy (non-hydrogen) atoms. The fourth-order valence-electron chi connectivity index (χ4n) is 1.29. The number of hydrogen-bond donors (Lipinski definition) is 1. The summed E-state index contributed by atoms with van der Waals surface area (Å²) in [6.07, 6.45) is -7.27. The van der Waals surface area contributed by atoms with Crippen LogP contribution in [0.5, 0.6) is 0 Å². The van der Waals surface area contributed by atoms with E-state index in [1.807, 2.05) is 0 Å². The van der Waals surface area contributed by atoms with Crippen LogP contribution in [0.25, 0.3) is 0 Å². The van der Waals surface area contributed by atoms with Crippen LogP contribution in [-0.4, -0.2) is 29.5 Å². The molecule has 1 saturated heterocycles. The fourth-order valence-corrected chi connectivity index (χ4v) is 1.29. The van der Waals surface area contributed by atoms with Crippen LogP contribution in [0.1, 0.15) is 19.3 Å². The zero-order valence-corrected chi connectivity index (χ0v) is 6.67. The monoisotopic (exact) mass is 198 g/mol. The molecule has 1 aliphatic heterocycles. The molecule has 0 saturated carbocycles. The van der Waals surface area contributed by atoms with E-state index in [0.717, 1.165) is 0 Å². The summed E-state index contributed by atoms with van der Waals surface area (Å²) in [5.74, 6) is -1.13. The van der Waals surface area contributed by atoms with Crippen LogP contribution in [0.3, 0.4) is 0 Å². The Morgan fingerprint density at radius 1 is 1.46 bits per heavy atom. The molecule has 0 aromatic heterocycles. The first-order valence-electron chi connectivity index (χ1n) is 3.83. The van der Waals surface area contributed by atoms with Crippen LogP contribution >= 0.6 is 0 Å². The van der Waals surface area contributed by atoms with E-state index in [0.29, 0.717) is 0 Å². The summed E-state index contributed by atoms with van der Waals surface area (Å²) in [6, 6.07) is 0. The predicted octanol–water partition coefficient (Wildman–Crippen LogP) is 1.57. The molecule has 2 atom stereocenters. The number of carboxylic acid groups (broad SMARTS) is 1. The van der Waals surface area contributed by atoms with Gasteiger partial charge in [0.2, 0.25) is 0 Å². The summed E-state index contributed by atoms with van der Waals surface area (Å²) in [5, 5.41) is 8.30. The molecule has 0 aromatic rings. The first kappa shape index (κ1) is 10.3. The lowest BCUT2D eigenvalue weighted by molar-refractivity contribution is -0.215.